The molecule has 1 rings (SSSR count). The molecular formula is C7H6BrN5O3. The maximum Gasteiger partial charge on any atom is 0.292 e. The lowest BCUT2D eigenvalue weighted by Crippen LogP contribution is -2.06. The first-order valence-electron chi connectivity index (χ1n) is 4.05. The number of aromatic nitrogens is 1. The van der Waals surface area contributed by atoms with Gasteiger partial charge in [-0.15, -0.1) is 0 Å². The van der Waals surface area contributed by atoms with Crippen LogP contribution in [-0.2, 0) is 0 Å². The summed E-state index contributed by atoms with van der Waals surface area (Å²) in [6, 6.07) is 0.177. The molecule has 0 saturated carbocycles. The summed E-state index contributed by atoms with van der Waals surface area (Å²) in [5.74, 6) is 0. The van der Waals surface area contributed by atoms with Crippen LogP contribution in [0, 0.1) is 10.1 Å². The smallest absolute Gasteiger partial charge is 0.292 e. The summed E-state index contributed by atoms with van der Waals surface area (Å²) in [6.07, 6.45) is 1.33. The van der Waals surface area contributed by atoms with Gasteiger partial charge in [0.05, 0.1) is 11.5 Å². The first-order chi connectivity index (χ1) is 7.60. The number of rotatable bonds is 4. The molecule has 0 aliphatic rings. The minimum Gasteiger partial charge on any atom is -0.396 e. The lowest BCUT2D eigenvalue weighted by Gasteiger charge is -2.07. The van der Waals surface area contributed by atoms with E-state index in [4.69, 9.17) is 10.6 Å². The number of hydrogen-bond acceptors (Lipinski definition) is 5. The molecule has 0 aromatic carbocycles. The molecule has 1 N–H and O–H groups in total. The van der Waals surface area contributed by atoms with Gasteiger partial charge in [-0.1, -0.05) is 5.11 Å². The van der Waals surface area contributed by atoms with Gasteiger partial charge in [0.15, 0.2) is 0 Å². The molecule has 0 fully saturated rings. The second-order valence-electron chi connectivity index (χ2n) is 2.72. The third-order valence-electron chi connectivity index (χ3n) is 1.74. The largest absolute Gasteiger partial charge is 0.396 e. The van der Waals surface area contributed by atoms with E-state index >= 15 is 0 Å². The van der Waals surface area contributed by atoms with E-state index in [9.17, 15) is 10.1 Å². The van der Waals surface area contributed by atoms with E-state index in [1.54, 1.807) is 0 Å². The summed E-state index contributed by atoms with van der Waals surface area (Å²) in [5, 5.41) is 22.9. The van der Waals surface area contributed by atoms with Gasteiger partial charge in [-0.3, -0.25) is 15.1 Å². The zero-order valence-corrected chi connectivity index (χ0v) is 9.40. The van der Waals surface area contributed by atoms with Gasteiger partial charge in [0.1, 0.15) is 11.7 Å². The van der Waals surface area contributed by atoms with Crippen LogP contribution in [0.3, 0.4) is 0 Å². The van der Waals surface area contributed by atoms with Crippen LogP contribution in [0.4, 0.5) is 5.69 Å². The van der Waals surface area contributed by atoms with E-state index < -0.39 is 17.6 Å². The van der Waals surface area contributed by atoms with Crippen LogP contribution in [0.1, 0.15) is 11.7 Å². The van der Waals surface area contributed by atoms with Gasteiger partial charge in [-0.05, 0) is 21.5 Å². The summed E-state index contributed by atoms with van der Waals surface area (Å²) >= 11 is 3.04. The highest BCUT2D eigenvalue weighted by atomic mass is 79.9. The molecule has 0 saturated heterocycles. The fourth-order valence-corrected chi connectivity index (χ4v) is 1.40. The van der Waals surface area contributed by atoms with Crippen molar-refractivity contribution in [1.29, 1.82) is 0 Å². The predicted molar refractivity (Wildman–Crippen MR) is 57.6 cm³/mol. The second kappa shape index (κ2) is 5.40. The minimum atomic E-state index is -1.06. The molecule has 0 amide bonds. The Bertz CT molecular complexity index is 459. The third kappa shape index (κ3) is 2.66. The number of halogens is 1. The monoisotopic (exact) mass is 287 g/mol. The fourth-order valence-electron chi connectivity index (χ4n) is 1.08. The number of aliphatic hydroxyl groups is 1. The molecule has 0 aliphatic heterocycles. The first-order valence-corrected chi connectivity index (χ1v) is 4.84. The van der Waals surface area contributed by atoms with E-state index in [2.05, 4.69) is 30.9 Å². The Morgan fingerprint density at radius 3 is 3.00 bits per heavy atom. The molecule has 9 heteroatoms. The van der Waals surface area contributed by atoms with E-state index in [1.165, 1.54) is 12.3 Å². The first kappa shape index (κ1) is 12.4. The third-order valence-corrected chi connectivity index (χ3v) is 2.17. The SMILES string of the molecule is [N-]=[N+]=NC(CO)c1ncc(Br)cc1[N+](=O)[O-]. The van der Waals surface area contributed by atoms with Crippen molar-refractivity contribution >= 4 is 21.6 Å². The quantitative estimate of drug-likeness (QED) is 0.299. The van der Waals surface area contributed by atoms with Gasteiger partial charge in [-0.25, -0.2) is 0 Å². The molecule has 1 heterocycles. The summed E-state index contributed by atoms with van der Waals surface area (Å²) in [4.78, 5) is 16.3. The summed E-state index contributed by atoms with van der Waals surface area (Å²) in [7, 11) is 0. The van der Waals surface area contributed by atoms with Crippen LogP contribution in [0.2, 0.25) is 0 Å². The van der Waals surface area contributed by atoms with E-state index in [1.807, 2.05) is 0 Å². The molecule has 1 aromatic rings. The Morgan fingerprint density at radius 2 is 2.50 bits per heavy atom. The van der Waals surface area contributed by atoms with Gasteiger partial charge in [-0.2, -0.15) is 0 Å². The van der Waals surface area contributed by atoms with E-state index in [0.29, 0.717) is 4.47 Å². The summed E-state index contributed by atoms with van der Waals surface area (Å²) in [6.45, 7) is -0.542. The van der Waals surface area contributed by atoms with Gasteiger partial charge < -0.3 is 5.11 Å². The zero-order chi connectivity index (χ0) is 12.1. The predicted octanol–water partition coefficient (Wildman–Crippen LogP) is 2.10. The molecule has 1 unspecified atom stereocenters. The van der Waals surface area contributed by atoms with Crippen molar-refractivity contribution in [3.8, 4) is 0 Å². The van der Waals surface area contributed by atoms with Crippen LogP contribution >= 0.6 is 15.9 Å². The van der Waals surface area contributed by atoms with Crippen LogP contribution in [0.15, 0.2) is 21.9 Å². The summed E-state index contributed by atoms with van der Waals surface area (Å²) in [5.41, 5.74) is 7.89. The topological polar surface area (TPSA) is 125 Å². The number of nitro groups is 1. The Morgan fingerprint density at radius 1 is 1.81 bits per heavy atom. The Hall–Kier alpha value is -1.70. The van der Waals surface area contributed by atoms with Crippen LogP contribution in [-0.4, -0.2) is 21.6 Å². The van der Waals surface area contributed by atoms with Gasteiger partial charge in [0.2, 0.25) is 0 Å². The minimum absolute atomic E-state index is 0.0616. The highest BCUT2D eigenvalue weighted by Gasteiger charge is 2.22. The zero-order valence-electron chi connectivity index (χ0n) is 7.82. The molecule has 1 aromatic heterocycles. The highest BCUT2D eigenvalue weighted by molar-refractivity contribution is 9.10. The lowest BCUT2D eigenvalue weighted by molar-refractivity contribution is -0.386. The number of aliphatic hydroxyl groups excluding tert-OH is 1. The van der Waals surface area contributed by atoms with E-state index in [-0.39, 0.29) is 11.4 Å². The maximum absolute atomic E-state index is 10.7. The van der Waals surface area contributed by atoms with Crippen molar-refractivity contribution in [3.63, 3.8) is 0 Å². The van der Waals surface area contributed by atoms with E-state index in [0.717, 1.165) is 0 Å². The lowest BCUT2D eigenvalue weighted by atomic mass is 10.2. The number of hydrogen-bond donors (Lipinski definition) is 1. The molecule has 0 radical (unpaired) electrons. The van der Waals surface area contributed by atoms with Crippen molar-refractivity contribution < 1.29 is 10.0 Å². The number of pyridine rings is 1. The van der Waals surface area contributed by atoms with Crippen molar-refractivity contribution in [2.45, 2.75) is 6.04 Å². The van der Waals surface area contributed by atoms with Crippen molar-refractivity contribution in [1.82, 2.24) is 4.98 Å². The molecule has 84 valence electrons. The molecule has 0 bridgehead atoms. The Labute approximate surface area is 97.8 Å². The standard InChI is InChI=1S/C7H6BrN5O3/c8-4-1-6(13(15)16)7(10-2-4)5(3-14)11-12-9/h1-2,5,14H,3H2. The van der Waals surface area contributed by atoms with Crippen LogP contribution in [0.25, 0.3) is 10.4 Å². The maximum atomic E-state index is 10.7. The van der Waals surface area contributed by atoms with Crippen LogP contribution < -0.4 is 0 Å². The van der Waals surface area contributed by atoms with Crippen molar-refractivity contribution in [2.24, 2.45) is 5.11 Å². The van der Waals surface area contributed by atoms with Crippen LogP contribution in [0.5, 0.6) is 0 Å². The normalized spacial score (nSPS) is 11.6. The summed E-state index contributed by atoms with van der Waals surface area (Å²) < 4.78 is 0.431. The molecule has 1 atom stereocenters. The van der Waals surface area contributed by atoms with Crippen molar-refractivity contribution in [2.75, 3.05) is 6.61 Å². The average Bonchev–Trinajstić information content (AvgIpc) is 2.26. The molecular weight excluding hydrogens is 282 g/mol. The molecule has 8 nitrogen and oxygen atoms in total. The molecule has 16 heavy (non-hydrogen) atoms. The fraction of sp³-hybridized carbons (Fsp3) is 0.286. The van der Waals surface area contributed by atoms with Crippen molar-refractivity contribution in [3.05, 3.63) is 43.0 Å². The Balaban J connectivity index is 3.30. The number of azide groups is 1. The highest BCUT2D eigenvalue weighted by Crippen LogP contribution is 2.27. The van der Waals surface area contributed by atoms with Gasteiger partial charge in [0.25, 0.3) is 5.69 Å². The second-order valence-corrected chi connectivity index (χ2v) is 3.63. The number of nitrogens with zero attached hydrogens (tertiary/aromatic N) is 5. The van der Waals surface area contributed by atoms with Gasteiger partial charge in [0, 0.05) is 21.6 Å². The Kier molecular flexibility index (Phi) is 4.18. The molecule has 0 spiro atoms. The van der Waals surface area contributed by atoms with Gasteiger partial charge >= 0.3 is 0 Å². The molecule has 0 aliphatic carbocycles. The average molecular weight is 288 g/mol.